The molecule has 0 amide bonds. The minimum absolute atomic E-state index is 0.0654. The maximum absolute atomic E-state index is 12.3. The number of carbonyl (C=O) groups is 1. The van der Waals surface area contributed by atoms with E-state index in [0.717, 1.165) is 13.1 Å². The highest BCUT2D eigenvalue weighted by atomic mass is 19.4. The summed E-state index contributed by atoms with van der Waals surface area (Å²) >= 11 is 0. The van der Waals surface area contributed by atoms with E-state index in [2.05, 4.69) is 15.0 Å². The Morgan fingerprint density at radius 1 is 1.29 bits per heavy atom. The van der Waals surface area contributed by atoms with Gasteiger partial charge in [0.2, 0.25) is 0 Å². The number of carbonyl (C=O) groups excluding carboxylic acids is 1. The maximum atomic E-state index is 12.3. The summed E-state index contributed by atoms with van der Waals surface area (Å²) in [6.07, 6.45) is -0.914. The monoisotopic (exact) mass is 308 g/mol. The Balaban J connectivity index is 1.87. The van der Waals surface area contributed by atoms with E-state index >= 15 is 0 Å². The molecule has 1 aliphatic carbocycles. The van der Waals surface area contributed by atoms with Crippen LogP contribution in [-0.4, -0.2) is 56.4 Å². The molecule has 0 bridgehead atoms. The van der Waals surface area contributed by atoms with Crippen LogP contribution in [0.2, 0.25) is 0 Å². The number of ether oxygens (including phenoxy) is 1. The maximum Gasteiger partial charge on any atom is 0.401 e. The third-order valence-electron chi connectivity index (χ3n) is 4.10. The van der Waals surface area contributed by atoms with Gasteiger partial charge in [0.05, 0.1) is 13.7 Å². The zero-order valence-corrected chi connectivity index (χ0v) is 12.3. The van der Waals surface area contributed by atoms with Crippen molar-refractivity contribution in [1.29, 1.82) is 0 Å². The molecular formula is C14H23F3N2O2. The lowest BCUT2D eigenvalue weighted by molar-refractivity contribution is -0.142. The van der Waals surface area contributed by atoms with Crippen LogP contribution in [0.1, 0.15) is 25.7 Å². The van der Waals surface area contributed by atoms with Gasteiger partial charge in [-0.25, -0.2) is 0 Å². The topological polar surface area (TPSA) is 41.6 Å². The minimum atomic E-state index is -4.20. The van der Waals surface area contributed by atoms with Crippen LogP contribution in [0.5, 0.6) is 0 Å². The van der Waals surface area contributed by atoms with Gasteiger partial charge in [0.15, 0.2) is 0 Å². The van der Waals surface area contributed by atoms with Gasteiger partial charge in [-0.1, -0.05) is 0 Å². The van der Waals surface area contributed by atoms with Crippen molar-refractivity contribution in [3.63, 3.8) is 0 Å². The van der Waals surface area contributed by atoms with Gasteiger partial charge in [0.1, 0.15) is 0 Å². The normalized spacial score (nSPS) is 27.6. The lowest BCUT2D eigenvalue weighted by Crippen LogP contribution is -2.51. The van der Waals surface area contributed by atoms with Crippen molar-refractivity contribution in [2.75, 3.05) is 33.3 Å². The van der Waals surface area contributed by atoms with E-state index in [1.54, 1.807) is 0 Å². The molecule has 1 saturated carbocycles. The molecule has 0 radical (unpaired) electrons. The lowest BCUT2D eigenvalue weighted by atomic mass is 9.91. The molecule has 1 saturated heterocycles. The molecule has 122 valence electrons. The van der Waals surface area contributed by atoms with E-state index in [-0.39, 0.29) is 24.3 Å². The van der Waals surface area contributed by atoms with Crippen LogP contribution in [0.3, 0.4) is 0 Å². The van der Waals surface area contributed by atoms with Crippen LogP contribution < -0.4 is 5.32 Å². The number of hydrogen-bond donors (Lipinski definition) is 1. The number of esters is 1. The Bertz CT molecular complexity index is 359. The van der Waals surface area contributed by atoms with Gasteiger partial charge in [0.25, 0.3) is 0 Å². The van der Waals surface area contributed by atoms with Crippen molar-refractivity contribution in [3.05, 3.63) is 0 Å². The largest absolute Gasteiger partial charge is 0.469 e. The minimum Gasteiger partial charge on any atom is -0.469 e. The first-order valence-electron chi connectivity index (χ1n) is 7.45. The summed E-state index contributed by atoms with van der Waals surface area (Å²) in [7, 11) is 1.34. The highest BCUT2D eigenvalue weighted by Gasteiger charge is 2.34. The first-order valence-corrected chi connectivity index (χ1v) is 7.45. The van der Waals surface area contributed by atoms with Crippen LogP contribution in [0.15, 0.2) is 0 Å². The van der Waals surface area contributed by atoms with Crippen LogP contribution >= 0.6 is 0 Å². The van der Waals surface area contributed by atoms with Gasteiger partial charge in [-0.3, -0.25) is 4.79 Å². The lowest BCUT2D eigenvalue weighted by Gasteiger charge is -2.38. The number of nitrogens with zero attached hydrogens (tertiary/aromatic N) is 1. The van der Waals surface area contributed by atoms with E-state index < -0.39 is 12.7 Å². The predicted octanol–water partition coefficient (Wildman–Crippen LogP) is 1.80. The van der Waals surface area contributed by atoms with Crippen LogP contribution in [-0.2, 0) is 9.53 Å². The van der Waals surface area contributed by atoms with Gasteiger partial charge in [-0.15, -0.1) is 0 Å². The molecule has 1 heterocycles. The third-order valence-corrected chi connectivity index (χ3v) is 4.10. The molecule has 0 aromatic carbocycles. The summed E-state index contributed by atoms with van der Waals surface area (Å²) in [4.78, 5) is 13.6. The average Bonchev–Trinajstić information content (AvgIpc) is 3.19. The fourth-order valence-corrected chi connectivity index (χ4v) is 2.99. The molecule has 2 unspecified atom stereocenters. The Hall–Kier alpha value is -0.820. The second-order valence-electron chi connectivity index (χ2n) is 6.24. The molecular weight excluding hydrogens is 285 g/mol. The molecule has 21 heavy (non-hydrogen) atoms. The molecule has 1 N–H and O–H groups in total. The molecule has 2 rings (SSSR count). The number of alkyl halides is 3. The average molecular weight is 308 g/mol. The molecule has 7 heteroatoms. The first-order chi connectivity index (χ1) is 9.85. The van der Waals surface area contributed by atoms with Gasteiger partial charge in [-0.2, -0.15) is 13.2 Å². The quantitative estimate of drug-likeness (QED) is 0.760. The van der Waals surface area contributed by atoms with Gasteiger partial charge in [-0.05, 0) is 31.1 Å². The predicted molar refractivity (Wildman–Crippen MR) is 71.7 cm³/mol. The number of hydrogen-bond acceptors (Lipinski definition) is 4. The number of rotatable bonds is 6. The molecule has 1 aliphatic heterocycles. The summed E-state index contributed by atoms with van der Waals surface area (Å²) in [6, 6.07) is -0.214. The number of nitrogens with one attached hydrogen (secondary N) is 1. The second kappa shape index (κ2) is 6.96. The number of methoxy groups -OCH3 is 1. The van der Waals surface area contributed by atoms with Crippen molar-refractivity contribution in [2.45, 2.75) is 37.9 Å². The van der Waals surface area contributed by atoms with E-state index in [4.69, 9.17) is 0 Å². The zero-order valence-electron chi connectivity index (χ0n) is 12.3. The Labute approximate surface area is 123 Å². The Kier molecular flexibility index (Phi) is 5.48. The van der Waals surface area contributed by atoms with Crippen molar-refractivity contribution >= 4 is 5.97 Å². The van der Waals surface area contributed by atoms with Crippen molar-refractivity contribution in [1.82, 2.24) is 10.2 Å². The fraction of sp³-hybridized carbons (Fsp3) is 0.929. The molecule has 4 nitrogen and oxygen atoms in total. The molecule has 2 fully saturated rings. The molecule has 0 aromatic rings. The molecule has 2 aliphatic rings. The highest BCUT2D eigenvalue weighted by molar-refractivity contribution is 5.69. The van der Waals surface area contributed by atoms with Crippen LogP contribution in [0.4, 0.5) is 13.2 Å². The van der Waals surface area contributed by atoms with Crippen molar-refractivity contribution in [2.24, 2.45) is 11.8 Å². The van der Waals surface area contributed by atoms with Crippen molar-refractivity contribution < 1.29 is 22.7 Å². The Morgan fingerprint density at radius 2 is 2.00 bits per heavy atom. The van der Waals surface area contributed by atoms with E-state index in [1.165, 1.54) is 20.0 Å². The van der Waals surface area contributed by atoms with Crippen LogP contribution in [0, 0.1) is 11.8 Å². The van der Waals surface area contributed by atoms with E-state index in [9.17, 15) is 18.0 Å². The van der Waals surface area contributed by atoms with Crippen LogP contribution in [0.25, 0.3) is 0 Å². The van der Waals surface area contributed by atoms with E-state index in [1.807, 2.05) is 0 Å². The van der Waals surface area contributed by atoms with Crippen molar-refractivity contribution in [3.8, 4) is 0 Å². The standard InChI is InChI=1S/C14H23F3N2O2/c1-21-13(20)5-11-4-12(18-9-14(15,16)17)8-19(7-11)6-10-2-3-10/h10-12,18H,2-9H2,1H3. The Morgan fingerprint density at radius 3 is 2.57 bits per heavy atom. The number of piperidine rings is 1. The summed E-state index contributed by atoms with van der Waals surface area (Å²) < 4.78 is 41.7. The first kappa shape index (κ1) is 16.5. The van der Waals surface area contributed by atoms with Gasteiger partial charge < -0.3 is 15.0 Å². The molecule has 0 aromatic heterocycles. The zero-order chi connectivity index (χ0) is 15.5. The third kappa shape index (κ3) is 6.22. The van der Waals surface area contributed by atoms with Gasteiger partial charge >= 0.3 is 12.1 Å². The summed E-state index contributed by atoms with van der Waals surface area (Å²) in [6.45, 7) is 1.36. The fourth-order valence-electron chi connectivity index (χ4n) is 2.99. The second-order valence-corrected chi connectivity index (χ2v) is 6.24. The molecule has 2 atom stereocenters. The van der Waals surface area contributed by atoms with Gasteiger partial charge in [0, 0.05) is 32.1 Å². The smallest absolute Gasteiger partial charge is 0.401 e. The number of likely N-dealkylation sites (tertiary alicyclic amines) is 1. The summed E-state index contributed by atoms with van der Waals surface area (Å²) in [5.74, 6) is 0.462. The number of halogens is 3. The highest BCUT2D eigenvalue weighted by Crippen LogP contribution is 2.32. The SMILES string of the molecule is COC(=O)CC1CC(NCC(F)(F)F)CN(CC2CC2)C1. The summed E-state index contributed by atoms with van der Waals surface area (Å²) in [5.41, 5.74) is 0. The summed E-state index contributed by atoms with van der Waals surface area (Å²) in [5, 5.41) is 2.59. The van der Waals surface area contributed by atoms with E-state index in [0.29, 0.717) is 18.9 Å². The molecule has 0 spiro atoms.